The van der Waals surface area contributed by atoms with Crippen molar-refractivity contribution in [2.45, 2.75) is 13.8 Å². The quantitative estimate of drug-likeness (QED) is 0.714. The van der Waals surface area contributed by atoms with Crippen LogP contribution >= 0.6 is 11.3 Å². The normalized spacial score (nSPS) is 10.4. The predicted molar refractivity (Wildman–Crippen MR) is 56.6 cm³/mol. The molecule has 14 heavy (non-hydrogen) atoms. The van der Waals surface area contributed by atoms with E-state index in [2.05, 4.69) is 4.98 Å². The van der Waals surface area contributed by atoms with E-state index < -0.39 is 0 Å². The molecular formula is C10H8N2OS. The number of hydrogen-bond donors (Lipinski definition) is 1. The number of hydrogen-bond acceptors (Lipinski definition) is 3. The van der Waals surface area contributed by atoms with Gasteiger partial charge in [-0.3, -0.25) is 4.79 Å². The first-order valence-corrected chi connectivity index (χ1v) is 4.98. The highest BCUT2D eigenvalue weighted by atomic mass is 32.1. The minimum Gasteiger partial charge on any atom is -0.357 e. The molecule has 2 rings (SSSR count). The second kappa shape index (κ2) is 2.96. The average molecular weight is 204 g/mol. The molecule has 0 amide bonds. The molecule has 1 N–H and O–H groups in total. The molecule has 0 aliphatic rings. The molecule has 70 valence electrons. The SMILES string of the molecule is Cc1cc(=O)c2c(C#N)sc(C)c2[nH]1. The van der Waals surface area contributed by atoms with Gasteiger partial charge in [0.2, 0.25) is 0 Å². The molecule has 0 aliphatic heterocycles. The number of H-pyrrole nitrogens is 1. The highest BCUT2D eigenvalue weighted by Gasteiger charge is 2.11. The summed E-state index contributed by atoms with van der Waals surface area (Å²) in [5.41, 5.74) is 1.56. The molecular weight excluding hydrogens is 196 g/mol. The van der Waals surface area contributed by atoms with Crippen LogP contribution in [0.15, 0.2) is 10.9 Å². The molecule has 2 aromatic heterocycles. The number of pyridine rings is 1. The summed E-state index contributed by atoms with van der Waals surface area (Å²) in [5, 5.41) is 9.38. The molecule has 0 radical (unpaired) electrons. The fraction of sp³-hybridized carbons (Fsp3) is 0.200. The summed E-state index contributed by atoms with van der Waals surface area (Å²) < 4.78 is 0. The van der Waals surface area contributed by atoms with E-state index in [-0.39, 0.29) is 5.43 Å². The zero-order chi connectivity index (χ0) is 10.3. The Balaban J connectivity index is 3.06. The van der Waals surface area contributed by atoms with Crippen LogP contribution in [0.3, 0.4) is 0 Å². The molecule has 2 heterocycles. The summed E-state index contributed by atoms with van der Waals surface area (Å²) in [6, 6.07) is 3.57. The average Bonchev–Trinajstić information content (AvgIpc) is 2.43. The number of thiophene rings is 1. The number of aromatic nitrogens is 1. The van der Waals surface area contributed by atoms with Crippen molar-refractivity contribution in [2.75, 3.05) is 0 Å². The first-order valence-electron chi connectivity index (χ1n) is 4.16. The zero-order valence-corrected chi connectivity index (χ0v) is 8.66. The van der Waals surface area contributed by atoms with Crippen LogP contribution in [0.1, 0.15) is 15.4 Å². The highest BCUT2D eigenvalue weighted by molar-refractivity contribution is 7.14. The molecule has 4 heteroatoms. The van der Waals surface area contributed by atoms with Gasteiger partial charge in [-0.15, -0.1) is 11.3 Å². The van der Waals surface area contributed by atoms with Gasteiger partial charge in [0.05, 0.1) is 10.9 Å². The van der Waals surface area contributed by atoms with Gasteiger partial charge in [0.15, 0.2) is 5.43 Å². The molecule has 0 spiro atoms. The van der Waals surface area contributed by atoms with Crippen LogP contribution in [0.25, 0.3) is 10.9 Å². The summed E-state index contributed by atoms with van der Waals surface area (Å²) >= 11 is 1.36. The van der Waals surface area contributed by atoms with Gasteiger partial charge < -0.3 is 4.98 Å². The predicted octanol–water partition coefficient (Wildman–Crippen LogP) is 2.08. The standard InChI is InChI=1S/C10H8N2OS/c1-5-3-7(13)9-8(4-11)14-6(2)10(9)12-5/h3,12H,1-2H3. The van der Waals surface area contributed by atoms with Crippen molar-refractivity contribution in [3.05, 3.63) is 31.7 Å². The van der Waals surface area contributed by atoms with Crippen molar-refractivity contribution in [3.8, 4) is 6.07 Å². The van der Waals surface area contributed by atoms with Crippen molar-refractivity contribution in [1.82, 2.24) is 4.98 Å². The maximum Gasteiger partial charge on any atom is 0.191 e. The first-order chi connectivity index (χ1) is 6.63. The fourth-order valence-corrected chi connectivity index (χ4v) is 2.42. The Hall–Kier alpha value is -1.60. The largest absolute Gasteiger partial charge is 0.357 e. The molecule has 0 aromatic carbocycles. The summed E-state index contributed by atoms with van der Waals surface area (Å²) in [5.74, 6) is 0. The molecule has 0 fully saturated rings. The van der Waals surface area contributed by atoms with Crippen LogP contribution in [0.2, 0.25) is 0 Å². The lowest BCUT2D eigenvalue weighted by Gasteiger charge is -1.94. The van der Waals surface area contributed by atoms with Crippen molar-refractivity contribution in [3.63, 3.8) is 0 Å². The van der Waals surface area contributed by atoms with E-state index in [0.29, 0.717) is 10.3 Å². The number of rotatable bonds is 0. The Morgan fingerprint density at radius 2 is 2.21 bits per heavy atom. The topological polar surface area (TPSA) is 56.6 Å². The molecule has 0 atom stereocenters. The van der Waals surface area contributed by atoms with E-state index in [0.717, 1.165) is 16.1 Å². The zero-order valence-electron chi connectivity index (χ0n) is 7.84. The summed E-state index contributed by atoms with van der Waals surface area (Å²) in [6.07, 6.45) is 0. The van der Waals surface area contributed by atoms with Crippen LogP contribution in [-0.4, -0.2) is 4.98 Å². The van der Waals surface area contributed by atoms with Gasteiger partial charge in [-0.25, -0.2) is 0 Å². The van der Waals surface area contributed by atoms with Gasteiger partial charge in [-0.05, 0) is 13.8 Å². The van der Waals surface area contributed by atoms with E-state index in [1.807, 2.05) is 19.9 Å². The number of nitrogens with one attached hydrogen (secondary N) is 1. The Morgan fingerprint density at radius 3 is 2.86 bits per heavy atom. The molecule has 0 unspecified atom stereocenters. The molecule has 2 aromatic rings. The van der Waals surface area contributed by atoms with E-state index in [4.69, 9.17) is 5.26 Å². The van der Waals surface area contributed by atoms with Gasteiger partial charge in [0.1, 0.15) is 10.9 Å². The van der Waals surface area contributed by atoms with E-state index in [9.17, 15) is 4.79 Å². The number of fused-ring (bicyclic) bond motifs is 1. The Morgan fingerprint density at radius 1 is 1.50 bits per heavy atom. The number of aromatic amines is 1. The Bertz CT molecular complexity index is 601. The smallest absolute Gasteiger partial charge is 0.191 e. The minimum absolute atomic E-state index is 0.0721. The monoisotopic (exact) mass is 204 g/mol. The Kier molecular flexibility index (Phi) is 1.90. The molecule has 0 saturated carbocycles. The minimum atomic E-state index is -0.0721. The maximum absolute atomic E-state index is 11.6. The van der Waals surface area contributed by atoms with Crippen molar-refractivity contribution < 1.29 is 0 Å². The molecule has 0 saturated heterocycles. The third kappa shape index (κ3) is 1.14. The van der Waals surface area contributed by atoms with Crippen molar-refractivity contribution in [2.24, 2.45) is 0 Å². The van der Waals surface area contributed by atoms with Gasteiger partial charge in [0, 0.05) is 16.6 Å². The highest BCUT2D eigenvalue weighted by Crippen LogP contribution is 2.26. The lowest BCUT2D eigenvalue weighted by Crippen LogP contribution is -2.02. The number of nitriles is 1. The van der Waals surface area contributed by atoms with Crippen molar-refractivity contribution in [1.29, 1.82) is 5.26 Å². The fourth-order valence-electron chi connectivity index (χ4n) is 1.51. The summed E-state index contributed by atoms with van der Waals surface area (Å²) in [4.78, 5) is 16.2. The van der Waals surface area contributed by atoms with Gasteiger partial charge in [-0.1, -0.05) is 0 Å². The number of aryl methyl sites for hydroxylation is 2. The van der Waals surface area contributed by atoms with Crippen LogP contribution in [0.4, 0.5) is 0 Å². The van der Waals surface area contributed by atoms with Crippen LogP contribution in [0.5, 0.6) is 0 Å². The number of nitrogens with zero attached hydrogens (tertiary/aromatic N) is 1. The first kappa shape index (κ1) is 8.97. The van der Waals surface area contributed by atoms with Gasteiger partial charge >= 0.3 is 0 Å². The van der Waals surface area contributed by atoms with Crippen LogP contribution < -0.4 is 5.43 Å². The van der Waals surface area contributed by atoms with Crippen LogP contribution in [0, 0.1) is 25.2 Å². The van der Waals surface area contributed by atoms with E-state index >= 15 is 0 Å². The second-order valence-corrected chi connectivity index (χ2v) is 4.39. The van der Waals surface area contributed by atoms with E-state index in [1.54, 1.807) is 0 Å². The maximum atomic E-state index is 11.6. The van der Waals surface area contributed by atoms with Crippen LogP contribution in [-0.2, 0) is 0 Å². The Labute approximate surface area is 84.6 Å². The summed E-state index contributed by atoms with van der Waals surface area (Å²) in [7, 11) is 0. The van der Waals surface area contributed by atoms with E-state index in [1.165, 1.54) is 17.4 Å². The van der Waals surface area contributed by atoms with Crippen molar-refractivity contribution >= 4 is 22.2 Å². The lowest BCUT2D eigenvalue weighted by atomic mass is 10.2. The summed E-state index contributed by atoms with van der Waals surface area (Å²) in [6.45, 7) is 3.74. The third-order valence-electron chi connectivity index (χ3n) is 2.10. The molecule has 0 aliphatic carbocycles. The third-order valence-corrected chi connectivity index (χ3v) is 3.11. The molecule has 3 nitrogen and oxygen atoms in total. The second-order valence-electron chi connectivity index (χ2n) is 3.17. The van der Waals surface area contributed by atoms with Gasteiger partial charge in [-0.2, -0.15) is 5.26 Å². The van der Waals surface area contributed by atoms with Gasteiger partial charge in [0.25, 0.3) is 0 Å². The molecule has 0 bridgehead atoms. The lowest BCUT2D eigenvalue weighted by molar-refractivity contribution is 1.24.